The van der Waals surface area contributed by atoms with E-state index in [0.717, 1.165) is 29.8 Å². The van der Waals surface area contributed by atoms with Crippen LogP contribution in [0.15, 0.2) is 66.0 Å². The van der Waals surface area contributed by atoms with Crippen LogP contribution in [0, 0.1) is 5.41 Å². The molecule has 3 aromatic rings. The number of Topliss-reactive ketones (excluding diaryl/α,β-unsaturated/α-hetero) is 1. The maximum Gasteiger partial charge on any atom is 0.161 e. The van der Waals surface area contributed by atoms with Gasteiger partial charge in [-0.2, -0.15) is 0 Å². The highest BCUT2D eigenvalue weighted by Gasteiger charge is 2.39. The Morgan fingerprint density at radius 1 is 1.04 bits per heavy atom. The van der Waals surface area contributed by atoms with Crippen LogP contribution in [-0.4, -0.2) is 10.4 Å². The average Bonchev–Trinajstić information content (AvgIpc) is 2.88. The van der Waals surface area contributed by atoms with Gasteiger partial charge in [-0.25, -0.2) is 0 Å². The summed E-state index contributed by atoms with van der Waals surface area (Å²) in [5.74, 6) is 0.380. The minimum Gasteiger partial charge on any atom is -0.358 e. The van der Waals surface area contributed by atoms with Crippen LogP contribution in [0.2, 0.25) is 0 Å². The lowest BCUT2D eigenvalue weighted by molar-refractivity contribution is -0.118. The van der Waals surface area contributed by atoms with Crippen LogP contribution >= 0.6 is 0 Å². The monoisotopic (exact) mass is 370 g/mol. The van der Waals surface area contributed by atoms with Gasteiger partial charge in [0.05, 0.1) is 0 Å². The fraction of sp³-hybridized carbons (Fsp3) is 0.320. The number of carbonyl (C=O) groups is 1. The van der Waals surface area contributed by atoms with Gasteiger partial charge in [-0.1, -0.05) is 50.2 Å². The Kier molecular flexibility index (Phi) is 3.77. The molecule has 5 rings (SSSR count). The number of nitrogens with one attached hydrogen (secondary N) is 1. The molecule has 2 aliphatic rings. The summed E-state index contributed by atoms with van der Waals surface area (Å²) in [6, 6.07) is 17.0. The zero-order valence-electron chi connectivity index (χ0n) is 16.8. The van der Waals surface area contributed by atoms with Gasteiger partial charge in [-0.05, 0) is 41.5 Å². The van der Waals surface area contributed by atoms with Gasteiger partial charge in [0, 0.05) is 53.4 Å². The number of fused-ring (bicyclic) bond motifs is 2. The smallest absolute Gasteiger partial charge is 0.161 e. The van der Waals surface area contributed by atoms with E-state index in [1.54, 1.807) is 0 Å². The number of para-hydroxylation sites is 2. The largest absolute Gasteiger partial charge is 0.358 e. The predicted octanol–water partition coefficient (Wildman–Crippen LogP) is 5.57. The van der Waals surface area contributed by atoms with Gasteiger partial charge in [-0.15, -0.1) is 0 Å². The van der Waals surface area contributed by atoms with Gasteiger partial charge in [0.2, 0.25) is 0 Å². The van der Waals surface area contributed by atoms with Crippen molar-refractivity contribution in [2.45, 2.75) is 39.0 Å². The quantitative estimate of drug-likeness (QED) is 0.607. The molecule has 0 unspecified atom stereocenters. The van der Waals surface area contributed by atoms with Crippen LogP contribution < -0.4 is 5.32 Å². The van der Waals surface area contributed by atoms with E-state index in [-0.39, 0.29) is 11.3 Å². The molecule has 0 fully saturated rings. The van der Waals surface area contributed by atoms with Gasteiger partial charge in [-0.3, -0.25) is 4.79 Å². The first-order chi connectivity index (χ1) is 13.4. The molecule has 0 amide bonds. The molecule has 0 radical (unpaired) electrons. The standard InChI is InChI=1S/C25H26N2O/c1-25(2)13-21-24(23(28)14-25)18(12-16-8-4-6-10-20(16)26-21)19-15-27(3)22-11-7-5-9-17(19)22/h4-11,15,18,26H,12-14H2,1-3H3/t18-/m1/s1. The summed E-state index contributed by atoms with van der Waals surface area (Å²) >= 11 is 0. The van der Waals surface area contributed by atoms with Crippen LogP contribution in [0.4, 0.5) is 5.69 Å². The molecule has 0 saturated carbocycles. The van der Waals surface area contributed by atoms with Gasteiger partial charge < -0.3 is 9.88 Å². The van der Waals surface area contributed by atoms with Crippen LogP contribution in [0.25, 0.3) is 10.9 Å². The van der Waals surface area contributed by atoms with Crippen LogP contribution in [0.1, 0.15) is 43.7 Å². The molecule has 1 aliphatic carbocycles. The molecule has 1 N–H and O–H groups in total. The zero-order chi connectivity index (χ0) is 19.5. The summed E-state index contributed by atoms with van der Waals surface area (Å²) in [7, 11) is 2.09. The zero-order valence-corrected chi connectivity index (χ0v) is 16.8. The van der Waals surface area contributed by atoms with Crippen LogP contribution in [0.5, 0.6) is 0 Å². The molecule has 0 saturated heterocycles. The Morgan fingerprint density at radius 3 is 2.64 bits per heavy atom. The van der Waals surface area contributed by atoms with Crippen molar-refractivity contribution in [2.75, 3.05) is 5.32 Å². The lowest BCUT2D eigenvalue weighted by atomic mass is 9.71. The van der Waals surface area contributed by atoms with E-state index >= 15 is 0 Å². The summed E-state index contributed by atoms with van der Waals surface area (Å²) in [6.07, 6.45) is 4.60. The van der Waals surface area contributed by atoms with E-state index in [2.05, 4.69) is 85.5 Å². The van der Waals surface area contributed by atoms with Crippen LogP contribution in [-0.2, 0) is 18.3 Å². The van der Waals surface area contributed by atoms with E-state index in [1.165, 1.54) is 22.0 Å². The lowest BCUT2D eigenvalue weighted by Crippen LogP contribution is -2.30. The van der Waals surface area contributed by atoms with Gasteiger partial charge in [0.15, 0.2) is 5.78 Å². The number of carbonyl (C=O) groups excluding carboxylic acids is 1. The van der Waals surface area contributed by atoms with Crippen LogP contribution in [0.3, 0.4) is 0 Å². The second-order valence-electron chi connectivity index (χ2n) is 9.08. The first kappa shape index (κ1) is 17.3. The molecular formula is C25H26N2O. The van der Waals surface area contributed by atoms with Crippen molar-refractivity contribution in [2.24, 2.45) is 12.5 Å². The van der Waals surface area contributed by atoms with E-state index in [9.17, 15) is 4.79 Å². The maximum atomic E-state index is 13.4. The van der Waals surface area contributed by atoms with Gasteiger partial charge >= 0.3 is 0 Å². The van der Waals surface area contributed by atoms with Gasteiger partial charge in [0.1, 0.15) is 0 Å². The Morgan fingerprint density at radius 2 is 1.79 bits per heavy atom. The summed E-state index contributed by atoms with van der Waals surface area (Å²) in [5.41, 5.74) is 7.00. The molecule has 3 heteroatoms. The lowest BCUT2D eigenvalue weighted by Gasteiger charge is -2.34. The normalized spacial score (nSPS) is 21.1. The van der Waals surface area contributed by atoms with Crippen molar-refractivity contribution >= 4 is 22.4 Å². The topological polar surface area (TPSA) is 34.0 Å². The van der Waals surface area contributed by atoms with E-state index in [4.69, 9.17) is 0 Å². The minimum atomic E-state index is -0.00843. The molecular weight excluding hydrogens is 344 g/mol. The van der Waals surface area contributed by atoms with Crippen molar-refractivity contribution < 1.29 is 4.79 Å². The second-order valence-corrected chi connectivity index (χ2v) is 9.08. The van der Waals surface area contributed by atoms with Gasteiger partial charge in [0.25, 0.3) is 0 Å². The van der Waals surface area contributed by atoms with E-state index < -0.39 is 0 Å². The third-order valence-corrected chi connectivity index (χ3v) is 6.30. The SMILES string of the molecule is Cn1cc([C@H]2Cc3ccccc3NC3=C2C(=O)CC(C)(C)C3)c2ccccc21. The predicted molar refractivity (Wildman–Crippen MR) is 114 cm³/mol. The number of hydrogen-bond donors (Lipinski definition) is 1. The second kappa shape index (κ2) is 6.10. The first-order valence-electron chi connectivity index (χ1n) is 10.1. The van der Waals surface area contributed by atoms with Crippen molar-refractivity contribution in [3.05, 3.63) is 77.1 Å². The first-order valence-corrected chi connectivity index (χ1v) is 10.1. The van der Waals surface area contributed by atoms with E-state index in [0.29, 0.717) is 12.2 Å². The fourth-order valence-electron chi connectivity index (χ4n) is 5.07. The molecule has 28 heavy (non-hydrogen) atoms. The number of aromatic nitrogens is 1. The summed E-state index contributed by atoms with van der Waals surface area (Å²) < 4.78 is 2.19. The van der Waals surface area contributed by atoms with E-state index in [1.807, 2.05) is 0 Å². The summed E-state index contributed by atoms with van der Waals surface area (Å²) in [5, 5.41) is 4.90. The number of ketones is 1. The highest BCUT2D eigenvalue weighted by molar-refractivity contribution is 6.01. The molecule has 2 aromatic carbocycles. The highest BCUT2D eigenvalue weighted by Crippen LogP contribution is 2.46. The molecule has 142 valence electrons. The van der Waals surface area contributed by atoms with Crippen molar-refractivity contribution in [3.63, 3.8) is 0 Å². The summed E-state index contributed by atoms with van der Waals surface area (Å²) in [6.45, 7) is 4.39. The Bertz CT molecular complexity index is 1130. The number of aryl methyl sites for hydroxylation is 1. The summed E-state index contributed by atoms with van der Waals surface area (Å²) in [4.78, 5) is 13.4. The molecule has 1 atom stereocenters. The Hall–Kier alpha value is -2.81. The molecule has 0 bridgehead atoms. The number of benzene rings is 2. The third kappa shape index (κ3) is 2.69. The number of allylic oxidation sites excluding steroid dienone is 2. The number of rotatable bonds is 1. The Labute approximate surface area is 166 Å². The molecule has 1 aromatic heterocycles. The number of anilines is 1. The number of nitrogens with zero attached hydrogens (tertiary/aromatic N) is 1. The third-order valence-electron chi connectivity index (χ3n) is 6.30. The number of hydrogen-bond acceptors (Lipinski definition) is 2. The molecule has 3 nitrogen and oxygen atoms in total. The molecule has 2 heterocycles. The molecule has 1 aliphatic heterocycles. The fourth-order valence-corrected chi connectivity index (χ4v) is 5.07. The minimum absolute atomic E-state index is 0.00843. The molecule has 0 spiro atoms. The maximum absolute atomic E-state index is 13.4. The Balaban J connectivity index is 1.76. The van der Waals surface area contributed by atoms with Crippen molar-refractivity contribution in [1.29, 1.82) is 0 Å². The van der Waals surface area contributed by atoms with Crippen molar-refractivity contribution in [1.82, 2.24) is 4.57 Å². The highest BCUT2D eigenvalue weighted by atomic mass is 16.1. The average molecular weight is 370 g/mol. The van der Waals surface area contributed by atoms with Crippen molar-refractivity contribution in [3.8, 4) is 0 Å².